The van der Waals surface area contributed by atoms with Crippen LogP contribution in [0.25, 0.3) is 0 Å². The van der Waals surface area contributed by atoms with Gasteiger partial charge >= 0.3 is 0 Å². The molecule has 70 valence electrons. The van der Waals surface area contributed by atoms with Crippen LogP contribution in [-0.4, -0.2) is 31.7 Å². The lowest BCUT2D eigenvalue weighted by atomic mass is 9.74. The van der Waals surface area contributed by atoms with Gasteiger partial charge in [0.1, 0.15) is 0 Å². The second kappa shape index (κ2) is 3.02. The lowest BCUT2D eigenvalue weighted by Gasteiger charge is -2.44. The van der Waals surface area contributed by atoms with Crippen molar-refractivity contribution in [2.45, 2.75) is 32.1 Å². The molecule has 0 spiro atoms. The van der Waals surface area contributed by atoms with Crippen LogP contribution in [0.15, 0.2) is 0 Å². The van der Waals surface area contributed by atoms with Crippen LogP contribution in [0, 0.1) is 11.8 Å². The van der Waals surface area contributed by atoms with Crippen molar-refractivity contribution in [3.05, 3.63) is 0 Å². The molecular weight excluding hydrogens is 146 g/mol. The van der Waals surface area contributed by atoms with Crippen LogP contribution in [0.2, 0.25) is 0 Å². The third-order valence-corrected chi connectivity index (χ3v) is 3.90. The predicted octanol–water partition coefficient (Wildman–Crippen LogP) is 2.27. The predicted molar refractivity (Wildman–Crippen MR) is 51.9 cm³/mol. The van der Waals surface area contributed by atoms with E-state index in [4.69, 9.17) is 0 Å². The molecule has 2 aliphatic rings. The van der Waals surface area contributed by atoms with Crippen molar-refractivity contribution in [2.75, 3.05) is 27.2 Å². The molecule has 1 aliphatic heterocycles. The van der Waals surface area contributed by atoms with Crippen LogP contribution in [0.5, 0.6) is 0 Å². The topological polar surface area (TPSA) is 0 Å². The van der Waals surface area contributed by atoms with Crippen LogP contribution < -0.4 is 0 Å². The average molecular weight is 168 g/mol. The van der Waals surface area contributed by atoms with Crippen LogP contribution >= 0.6 is 0 Å². The summed E-state index contributed by atoms with van der Waals surface area (Å²) in [5.41, 5.74) is 0. The standard InChI is InChI=1S/C11H22N/c1-12(2)8-7-10-5-3-4-6-11(10)9-12/h10-11H,3-9H2,1-2H3/q+1. The smallest absolute Gasteiger partial charge is 0.0813 e. The van der Waals surface area contributed by atoms with Crippen molar-refractivity contribution in [1.29, 1.82) is 0 Å². The Kier molecular flexibility index (Phi) is 2.16. The Bertz CT molecular complexity index is 162. The fourth-order valence-corrected chi connectivity index (χ4v) is 3.15. The molecule has 0 N–H and O–H groups in total. The molecule has 2 fully saturated rings. The summed E-state index contributed by atoms with van der Waals surface area (Å²) in [6.45, 7) is 2.87. The van der Waals surface area contributed by atoms with E-state index in [1.54, 1.807) is 0 Å². The van der Waals surface area contributed by atoms with Gasteiger partial charge in [0, 0.05) is 5.92 Å². The molecule has 0 amide bonds. The maximum atomic E-state index is 2.39. The van der Waals surface area contributed by atoms with Crippen LogP contribution in [0.4, 0.5) is 0 Å². The minimum absolute atomic E-state index is 1.07. The molecule has 2 rings (SSSR count). The van der Waals surface area contributed by atoms with Crippen molar-refractivity contribution in [1.82, 2.24) is 0 Å². The number of rotatable bonds is 0. The zero-order valence-electron chi connectivity index (χ0n) is 8.55. The van der Waals surface area contributed by atoms with Gasteiger partial charge < -0.3 is 4.48 Å². The molecule has 1 nitrogen and oxygen atoms in total. The zero-order chi connectivity index (χ0) is 8.60. The van der Waals surface area contributed by atoms with Gasteiger partial charge in [-0.05, 0) is 25.2 Å². The van der Waals surface area contributed by atoms with Gasteiger partial charge in [0.05, 0.1) is 27.2 Å². The van der Waals surface area contributed by atoms with Gasteiger partial charge in [-0.2, -0.15) is 0 Å². The molecule has 1 heterocycles. The van der Waals surface area contributed by atoms with Crippen molar-refractivity contribution < 1.29 is 4.48 Å². The fourth-order valence-electron chi connectivity index (χ4n) is 3.15. The molecule has 2 unspecified atom stereocenters. The summed E-state index contributed by atoms with van der Waals surface area (Å²) in [5.74, 6) is 2.17. The quantitative estimate of drug-likeness (QED) is 0.487. The van der Waals surface area contributed by atoms with E-state index in [0.717, 1.165) is 11.8 Å². The number of quaternary nitrogens is 1. The number of hydrogen-bond donors (Lipinski definition) is 0. The van der Waals surface area contributed by atoms with E-state index < -0.39 is 0 Å². The molecule has 0 aromatic carbocycles. The molecule has 0 aromatic rings. The summed E-state index contributed by atoms with van der Waals surface area (Å²) in [4.78, 5) is 0. The Morgan fingerprint density at radius 3 is 2.33 bits per heavy atom. The number of piperidine rings is 1. The Morgan fingerprint density at radius 1 is 0.917 bits per heavy atom. The first kappa shape index (κ1) is 8.55. The molecule has 0 radical (unpaired) electrons. The highest BCUT2D eigenvalue weighted by molar-refractivity contribution is 4.77. The molecule has 1 saturated carbocycles. The van der Waals surface area contributed by atoms with Gasteiger partial charge in [-0.3, -0.25) is 0 Å². The minimum Gasteiger partial charge on any atom is -0.328 e. The first-order valence-corrected chi connectivity index (χ1v) is 5.49. The fraction of sp³-hybridized carbons (Fsp3) is 1.00. The lowest BCUT2D eigenvalue weighted by Crippen LogP contribution is -2.51. The number of nitrogens with zero attached hydrogens (tertiary/aromatic N) is 1. The van der Waals surface area contributed by atoms with Gasteiger partial charge in [-0.25, -0.2) is 0 Å². The first-order chi connectivity index (χ1) is 5.67. The second-order valence-corrected chi connectivity index (χ2v) is 5.44. The van der Waals surface area contributed by atoms with Gasteiger partial charge in [-0.1, -0.05) is 12.8 Å². The molecule has 12 heavy (non-hydrogen) atoms. The summed E-state index contributed by atoms with van der Waals surface area (Å²) >= 11 is 0. The van der Waals surface area contributed by atoms with E-state index in [1.165, 1.54) is 49.7 Å². The highest BCUT2D eigenvalue weighted by Crippen LogP contribution is 2.37. The Morgan fingerprint density at radius 2 is 1.58 bits per heavy atom. The molecule has 1 heteroatoms. The summed E-state index contributed by atoms with van der Waals surface area (Å²) in [6, 6.07) is 0. The second-order valence-electron chi connectivity index (χ2n) is 5.44. The van der Waals surface area contributed by atoms with Gasteiger partial charge in [0.15, 0.2) is 0 Å². The Hall–Kier alpha value is -0.0400. The maximum Gasteiger partial charge on any atom is 0.0813 e. The molecule has 1 saturated heterocycles. The SMILES string of the molecule is C[N+]1(C)CCC2CCCCC2C1. The number of likely N-dealkylation sites (tertiary alicyclic amines) is 1. The van der Waals surface area contributed by atoms with E-state index in [9.17, 15) is 0 Å². The van der Waals surface area contributed by atoms with Crippen LogP contribution in [0.1, 0.15) is 32.1 Å². The van der Waals surface area contributed by atoms with Gasteiger partial charge in [0.25, 0.3) is 0 Å². The highest BCUT2D eigenvalue weighted by atomic mass is 15.3. The number of fused-ring (bicyclic) bond motifs is 1. The summed E-state index contributed by atoms with van der Waals surface area (Å²) < 4.78 is 1.28. The molecule has 2 atom stereocenters. The van der Waals surface area contributed by atoms with Crippen molar-refractivity contribution in [2.24, 2.45) is 11.8 Å². The third kappa shape index (κ3) is 1.66. The van der Waals surface area contributed by atoms with E-state index in [1.807, 2.05) is 0 Å². The van der Waals surface area contributed by atoms with E-state index >= 15 is 0 Å². The largest absolute Gasteiger partial charge is 0.328 e. The Labute approximate surface area is 76.3 Å². The Balaban J connectivity index is 1.99. The number of hydrogen-bond acceptors (Lipinski definition) is 0. The first-order valence-electron chi connectivity index (χ1n) is 5.49. The van der Waals surface area contributed by atoms with Crippen LogP contribution in [-0.2, 0) is 0 Å². The van der Waals surface area contributed by atoms with E-state index in [0.29, 0.717) is 0 Å². The normalized spacial score (nSPS) is 40.5. The molecular formula is C11H22N+. The minimum atomic E-state index is 1.07. The molecule has 1 aliphatic carbocycles. The monoisotopic (exact) mass is 168 g/mol. The third-order valence-electron chi connectivity index (χ3n) is 3.90. The summed E-state index contributed by atoms with van der Waals surface area (Å²) in [7, 11) is 4.79. The lowest BCUT2D eigenvalue weighted by molar-refractivity contribution is -0.900. The summed E-state index contributed by atoms with van der Waals surface area (Å²) in [5, 5.41) is 0. The van der Waals surface area contributed by atoms with Crippen molar-refractivity contribution in [3.8, 4) is 0 Å². The van der Waals surface area contributed by atoms with Crippen molar-refractivity contribution in [3.63, 3.8) is 0 Å². The zero-order valence-corrected chi connectivity index (χ0v) is 8.55. The average Bonchev–Trinajstić information content (AvgIpc) is 2.02. The van der Waals surface area contributed by atoms with Gasteiger partial charge in [0.2, 0.25) is 0 Å². The summed E-state index contributed by atoms with van der Waals surface area (Å²) in [6.07, 6.45) is 7.56. The molecule has 0 bridgehead atoms. The highest BCUT2D eigenvalue weighted by Gasteiger charge is 2.36. The van der Waals surface area contributed by atoms with Gasteiger partial charge in [-0.15, -0.1) is 0 Å². The van der Waals surface area contributed by atoms with E-state index in [-0.39, 0.29) is 0 Å². The molecule has 0 aromatic heterocycles. The maximum absolute atomic E-state index is 2.39. The van der Waals surface area contributed by atoms with Crippen molar-refractivity contribution >= 4 is 0 Å². The van der Waals surface area contributed by atoms with E-state index in [2.05, 4.69) is 14.1 Å². The van der Waals surface area contributed by atoms with Crippen LogP contribution in [0.3, 0.4) is 0 Å².